The minimum absolute atomic E-state index is 0.151. The number of carbonyl (C=O) groups excluding carboxylic acids is 2. The molecule has 25 heavy (non-hydrogen) atoms. The largest absolute Gasteiger partial charge is 0.452 e. The molecule has 0 aromatic heterocycles. The smallest absolute Gasteiger partial charge is 0.345 e. The second kappa shape index (κ2) is 7.96. The molecular weight excluding hydrogens is 371 g/mol. The van der Waals surface area contributed by atoms with Gasteiger partial charge in [-0.2, -0.15) is 0 Å². The highest BCUT2D eigenvalue weighted by Crippen LogP contribution is 2.29. The number of benzene rings is 2. The second-order valence-electron chi connectivity index (χ2n) is 4.95. The number of hydrogen-bond acceptors (Lipinski definition) is 5. The number of para-hydroxylation sites is 1. The normalized spacial score (nSPS) is 10.2. The lowest BCUT2D eigenvalue weighted by Crippen LogP contribution is -2.21. The van der Waals surface area contributed by atoms with Crippen LogP contribution in [0.4, 0.5) is 11.4 Å². The summed E-state index contributed by atoms with van der Waals surface area (Å²) in [5.41, 5.74) is -0.00394. The van der Waals surface area contributed by atoms with Gasteiger partial charge in [-0.1, -0.05) is 41.4 Å². The number of hydrogen-bond donors (Lipinski definition) is 1. The van der Waals surface area contributed by atoms with E-state index in [-0.39, 0.29) is 27.0 Å². The number of nitro groups is 1. The zero-order valence-corrected chi connectivity index (χ0v) is 14.4. The number of anilines is 1. The topological polar surface area (TPSA) is 98.5 Å². The number of halogens is 2. The van der Waals surface area contributed by atoms with Crippen molar-refractivity contribution in [1.29, 1.82) is 0 Å². The summed E-state index contributed by atoms with van der Waals surface area (Å²) < 4.78 is 4.85. The zero-order valence-electron chi connectivity index (χ0n) is 12.9. The fraction of sp³-hybridized carbons (Fsp3) is 0.125. The molecule has 0 fully saturated rings. The molecule has 1 N–H and O–H groups in total. The first-order chi connectivity index (χ1) is 11.8. The number of nitro benzene ring substituents is 1. The lowest BCUT2D eigenvalue weighted by atomic mass is 10.1. The maximum Gasteiger partial charge on any atom is 0.345 e. The van der Waals surface area contributed by atoms with Gasteiger partial charge in [0.15, 0.2) is 6.61 Å². The van der Waals surface area contributed by atoms with Crippen LogP contribution < -0.4 is 5.32 Å². The highest BCUT2D eigenvalue weighted by Gasteiger charge is 2.24. The fourth-order valence-electron chi connectivity index (χ4n) is 2.06. The van der Waals surface area contributed by atoms with Crippen LogP contribution in [0.25, 0.3) is 0 Å². The highest BCUT2D eigenvalue weighted by molar-refractivity contribution is 6.44. The molecule has 9 heteroatoms. The molecule has 7 nitrogen and oxygen atoms in total. The predicted molar refractivity (Wildman–Crippen MR) is 93.2 cm³/mol. The number of aryl methyl sites for hydroxylation is 1. The highest BCUT2D eigenvalue weighted by atomic mass is 35.5. The number of rotatable bonds is 5. The van der Waals surface area contributed by atoms with Crippen LogP contribution >= 0.6 is 23.2 Å². The molecular formula is C16H12Cl2N2O5. The molecule has 0 unspecified atom stereocenters. The van der Waals surface area contributed by atoms with E-state index in [4.69, 9.17) is 27.9 Å². The average Bonchev–Trinajstić information content (AvgIpc) is 2.56. The van der Waals surface area contributed by atoms with E-state index in [2.05, 4.69) is 5.32 Å². The van der Waals surface area contributed by atoms with Gasteiger partial charge in [0.05, 0.1) is 20.7 Å². The van der Waals surface area contributed by atoms with Gasteiger partial charge in [-0.25, -0.2) is 4.79 Å². The molecule has 0 bridgehead atoms. The maximum absolute atomic E-state index is 12.0. The first kappa shape index (κ1) is 18.7. The van der Waals surface area contributed by atoms with Crippen molar-refractivity contribution >= 4 is 46.5 Å². The van der Waals surface area contributed by atoms with Crippen molar-refractivity contribution < 1.29 is 19.2 Å². The second-order valence-corrected chi connectivity index (χ2v) is 5.74. The molecule has 0 saturated heterocycles. The molecule has 2 aromatic carbocycles. The van der Waals surface area contributed by atoms with Gasteiger partial charge in [0.25, 0.3) is 11.6 Å². The molecule has 0 radical (unpaired) electrons. The van der Waals surface area contributed by atoms with Gasteiger partial charge >= 0.3 is 5.97 Å². The minimum atomic E-state index is -0.970. The van der Waals surface area contributed by atoms with Crippen LogP contribution in [0.1, 0.15) is 15.9 Å². The molecule has 0 spiro atoms. The Morgan fingerprint density at radius 3 is 2.56 bits per heavy atom. The quantitative estimate of drug-likeness (QED) is 0.478. The molecule has 0 heterocycles. The van der Waals surface area contributed by atoms with Crippen molar-refractivity contribution in [1.82, 2.24) is 0 Å². The Morgan fingerprint density at radius 1 is 1.20 bits per heavy atom. The van der Waals surface area contributed by atoms with Crippen molar-refractivity contribution in [3.05, 3.63) is 67.7 Å². The van der Waals surface area contributed by atoms with Crippen molar-refractivity contribution in [2.24, 2.45) is 0 Å². The summed E-state index contributed by atoms with van der Waals surface area (Å²) in [5, 5.41) is 13.9. The Morgan fingerprint density at radius 2 is 1.88 bits per heavy atom. The van der Waals surface area contributed by atoms with Gasteiger partial charge in [-0.15, -0.1) is 0 Å². The summed E-state index contributed by atoms with van der Waals surface area (Å²) in [7, 11) is 0. The first-order valence-electron chi connectivity index (χ1n) is 6.96. The third kappa shape index (κ3) is 4.46. The van der Waals surface area contributed by atoms with Crippen molar-refractivity contribution in [3.63, 3.8) is 0 Å². The molecule has 130 valence electrons. The average molecular weight is 383 g/mol. The summed E-state index contributed by atoms with van der Waals surface area (Å²) in [6, 6.07) is 8.93. The zero-order chi connectivity index (χ0) is 18.6. The van der Waals surface area contributed by atoms with Gasteiger partial charge in [0.2, 0.25) is 0 Å². The van der Waals surface area contributed by atoms with E-state index in [1.165, 1.54) is 31.2 Å². The van der Waals surface area contributed by atoms with Gasteiger partial charge in [-0.3, -0.25) is 14.9 Å². The van der Waals surface area contributed by atoms with Gasteiger partial charge in [0.1, 0.15) is 5.56 Å². The van der Waals surface area contributed by atoms with Crippen LogP contribution in [0.15, 0.2) is 36.4 Å². The van der Waals surface area contributed by atoms with E-state index in [1.807, 2.05) is 0 Å². The summed E-state index contributed by atoms with van der Waals surface area (Å²) in [6.45, 7) is 0.871. The van der Waals surface area contributed by atoms with E-state index in [1.54, 1.807) is 12.1 Å². The third-order valence-corrected chi connectivity index (χ3v) is 4.02. The van der Waals surface area contributed by atoms with E-state index in [0.717, 1.165) is 0 Å². The van der Waals surface area contributed by atoms with Crippen LogP contribution in [0.2, 0.25) is 10.0 Å². The van der Waals surface area contributed by atoms with E-state index < -0.39 is 23.4 Å². The van der Waals surface area contributed by atoms with Crippen molar-refractivity contribution in [3.8, 4) is 0 Å². The third-order valence-electron chi connectivity index (χ3n) is 3.20. The minimum Gasteiger partial charge on any atom is -0.452 e. The molecule has 0 atom stereocenters. The number of nitrogens with zero attached hydrogens (tertiary/aromatic N) is 1. The Kier molecular flexibility index (Phi) is 5.95. The molecule has 0 aliphatic rings. The fourth-order valence-corrected chi connectivity index (χ4v) is 2.41. The Bertz CT molecular complexity index is 854. The summed E-state index contributed by atoms with van der Waals surface area (Å²) in [4.78, 5) is 34.3. The van der Waals surface area contributed by atoms with Gasteiger partial charge in [-0.05, 0) is 25.1 Å². The maximum atomic E-state index is 12.0. The number of nitrogens with one attached hydrogen (secondary N) is 1. The van der Waals surface area contributed by atoms with Crippen LogP contribution in [-0.4, -0.2) is 23.4 Å². The summed E-state index contributed by atoms with van der Waals surface area (Å²) in [5.74, 6) is -1.63. The number of esters is 1. The van der Waals surface area contributed by atoms with E-state index in [0.29, 0.717) is 5.56 Å². The number of amides is 1. The SMILES string of the molecule is Cc1cccc(C(=O)OCC(=O)Nc2cccc(Cl)c2Cl)c1[N+](=O)[O-]. The monoisotopic (exact) mass is 382 g/mol. The molecule has 0 aliphatic carbocycles. The summed E-state index contributed by atoms with van der Waals surface area (Å²) >= 11 is 11.8. The first-order valence-corrected chi connectivity index (χ1v) is 7.72. The molecule has 0 aliphatic heterocycles. The number of ether oxygens (including phenoxy) is 1. The van der Waals surface area contributed by atoms with Crippen LogP contribution in [0.3, 0.4) is 0 Å². The van der Waals surface area contributed by atoms with Crippen LogP contribution in [0, 0.1) is 17.0 Å². The molecule has 0 saturated carbocycles. The number of carbonyl (C=O) groups is 2. The molecule has 1 amide bonds. The lowest BCUT2D eigenvalue weighted by Gasteiger charge is -2.09. The van der Waals surface area contributed by atoms with Gasteiger partial charge in [0, 0.05) is 5.56 Å². The standard InChI is InChI=1S/C16H12Cl2N2O5/c1-9-4-2-5-10(15(9)20(23)24)16(22)25-8-13(21)19-12-7-3-6-11(17)14(12)18/h2-7H,8H2,1H3,(H,19,21). The Labute approximate surface area is 152 Å². The Balaban J connectivity index is 2.05. The molecule has 2 aromatic rings. The molecule has 2 rings (SSSR count). The van der Waals surface area contributed by atoms with E-state index in [9.17, 15) is 19.7 Å². The van der Waals surface area contributed by atoms with E-state index >= 15 is 0 Å². The van der Waals surface area contributed by atoms with Crippen LogP contribution in [0.5, 0.6) is 0 Å². The predicted octanol–water partition coefficient (Wildman–Crippen LogP) is 4.01. The summed E-state index contributed by atoms with van der Waals surface area (Å²) in [6.07, 6.45) is 0. The van der Waals surface area contributed by atoms with Crippen LogP contribution in [-0.2, 0) is 9.53 Å². The Hall–Kier alpha value is -2.64. The lowest BCUT2D eigenvalue weighted by molar-refractivity contribution is -0.385. The van der Waals surface area contributed by atoms with Crippen molar-refractivity contribution in [2.75, 3.05) is 11.9 Å². The van der Waals surface area contributed by atoms with Gasteiger partial charge < -0.3 is 10.1 Å². The van der Waals surface area contributed by atoms with Crippen molar-refractivity contribution in [2.45, 2.75) is 6.92 Å².